The highest BCUT2D eigenvalue weighted by Crippen LogP contribution is 2.21. The minimum Gasteiger partial charge on any atom is -0.481 e. The number of unbranched alkanes of at least 4 members (excludes halogenated alkanes) is 2. The van der Waals surface area contributed by atoms with Gasteiger partial charge in [0.2, 0.25) is 12.3 Å². The third-order valence-corrected chi connectivity index (χ3v) is 6.70. The zero-order valence-electron chi connectivity index (χ0n) is 24.0. The van der Waals surface area contributed by atoms with Crippen molar-refractivity contribution in [2.75, 3.05) is 6.67 Å². The molecule has 0 bridgehead atoms. The average Bonchev–Trinajstić information content (AvgIpc) is 2.99. The molecule has 0 unspecified atom stereocenters. The Morgan fingerprint density at radius 1 is 0.953 bits per heavy atom. The molecule has 0 spiro atoms. The summed E-state index contributed by atoms with van der Waals surface area (Å²) in [4.78, 5) is 75.6. The monoisotopic (exact) mass is 599 g/mol. The third-order valence-electron chi connectivity index (χ3n) is 6.70. The van der Waals surface area contributed by atoms with Crippen LogP contribution in [0.15, 0.2) is 42.5 Å². The second-order valence-electron chi connectivity index (χ2n) is 9.73. The van der Waals surface area contributed by atoms with Crippen LogP contribution >= 0.6 is 0 Å². The van der Waals surface area contributed by atoms with Crippen LogP contribution in [0.2, 0.25) is 0 Å². The quantitative estimate of drug-likeness (QED) is 0.0482. The maximum absolute atomic E-state index is 12.9. The number of carboxylic acids is 2. The largest absolute Gasteiger partial charge is 0.481 e. The molecule has 2 rings (SSSR count). The minimum atomic E-state index is -1.59. The van der Waals surface area contributed by atoms with Crippen molar-refractivity contribution < 1.29 is 44.2 Å². The molecule has 0 aliphatic heterocycles. The Balaban J connectivity index is 2.04. The van der Waals surface area contributed by atoms with Crippen molar-refractivity contribution in [2.24, 2.45) is 5.92 Å². The Kier molecular flexibility index (Phi) is 13.7. The van der Waals surface area contributed by atoms with Crippen LogP contribution in [0, 0.1) is 5.92 Å². The second-order valence-corrected chi connectivity index (χ2v) is 9.73. The second kappa shape index (κ2) is 17.2. The average molecular weight is 600 g/mol. The molecule has 43 heavy (non-hydrogen) atoms. The van der Waals surface area contributed by atoms with Gasteiger partial charge in [-0.15, -0.1) is 0 Å². The maximum Gasteiger partial charge on any atom is 0.326 e. The van der Waals surface area contributed by atoms with Gasteiger partial charge in [0.1, 0.15) is 11.7 Å². The predicted molar refractivity (Wildman–Crippen MR) is 153 cm³/mol. The number of aliphatic carboxylic acids is 2. The number of hydrogen-bond donors (Lipinski definition) is 6. The van der Waals surface area contributed by atoms with Gasteiger partial charge in [-0.25, -0.2) is 14.8 Å². The van der Waals surface area contributed by atoms with E-state index in [0.717, 1.165) is 19.3 Å². The summed E-state index contributed by atoms with van der Waals surface area (Å²) in [6.45, 7) is 3.57. The first kappa shape index (κ1) is 34.4. The molecule has 0 saturated heterocycles. The van der Waals surface area contributed by atoms with Crippen LogP contribution in [-0.2, 0) is 19.2 Å². The fourth-order valence-corrected chi connectivity index (χ4v) is 4.41. The molecule has 0 radical (unpaired) electrons. The summed E-state index contributed by atoms with van der Waals surface area (Å²) in [6, 6.07) is 8.32. The minimum absolute atomic E-state index is 0.0555. The fourth-order valence-electron chi connectivity index (χ4n) is 4.41. The lowest BCUT2D eigenvalue weighted by atomic mass is 9.90. The van der Waals surface area contributed by atoms with Gasteiger partial charge in [0, 0.05) is 11.1 Å². The molecule has 14 heteroatoms. The molecular formula is C29H37N5O9. The molecule has 2 aromatic rings. The predicted octanol–water partition coefficient (Wildman–Crippen LogP) is 2.03. The number of amides is 4. The number of carbonyl (C=O) groups excluding carboxylic acids is 4. The van der Waals surface area contributed by atoms with Crippen molar-refractivity contribution in [3.8, 4) is 11.3 Å². The molecule has 1 aromatic carbocycles. The van der Waals surface area contributed by atoms with Crippen LogP contribution < -0.4 is 16.0 Å². The first-order chi connectivity index (χ1) is 20.5. The number of aromatic nitrogens is 1. The van der Waals surface area contributed by atoms with Gasteiger partial charge >= 0.3 is 11.9 Å². The van der Waals surface area contributed by atoms with Crippen LogP contribution in [0.25, 0.3) is 11.3 Å². The fraction of sp³-hybridized carbons (Fsp3) is 0.414. The molecule has 4 amide bonds. The van der Waals surface area contributed by atoms with E-state index in [1.165, 1.54) is 18.2 Å². The first-order valence-electron chi connectivity index (χ1n) is 13.8. The summed E-state index contributed by atoms with van der Waals surface area (Å²) in [5, 5.41) is 35.8. The zero-order valence-corrected chi connectivity index (χ0v) is 24.0. The molecule has 1 heterocycles. The number of carboxylic acid groups (broad SMARTS) is 2. The van der Waals surface area contributed by atoms with Crippen molar-refractivity contribution >= 4 is 36.1 Å². The molecule has 0 saturated carbocycles. The molecular weight excluding hydrogens is 562 g/mol. The topological polar surface area (TPSA) is 215 Å². The summed E-state index contributed by atoms with van der Waals surface area (Å²) < 4.78 is 0. The van der Waals surface area contributed by atoms with Gasteiger partial charge in [0.15, 0.2) is 0 Å². The molecule has 0 fully saturated rings. The van der Waals surface area contributed by atoms with E-state index in [2.05, 4.69) is 20.9 Å². The van der Waals surface area contributed by atoms with Gasteiger partial charge in [-0.05, 0) is 37.1 Å². The van der Waals surface area contributed by atoms with Gasteiger partial charge < -0.3 is 26.2 Å². The van der Waals surface area contributed by atoms with E-state index >= 15 is 0 Å². The summed E-state index contributed by atoms with van der Waals surface area (Å²) in [5.74, 6) is -5.25. The number of benzene rings is 1. The van der Waals surface area contributed by atoms with E-state index in [1.54, 1.807) is 31.2 Å². The highest BCUT2D eigenvalue weighted by atomic mass is 16.5. The Bertz CT molecular complexity index is 1290. The Hall–Kier alpha value is -4.85. The van der Waals surface area contributed by atoms with Crippen LogP contribution in [0.4, 0.5) is 0 Å². The van der Waals surface area contributed by atoms with E-state index in [4.69, 9.17) is 10.2 Å². The van der Waals surface area contributed by atoms with Gasteiger partial charge in [0.25, 0.3) is 11.8 Å². The lowest BCUT2D eigenvalue weighted by molar-refractivity contribution is -0.168. The molecule has 232 valence electrons. The third kappa shape index (κ3) is 10.5. The Morgan fingerprint density at radius 2 is 1.65 bits per heavy atom. The number of nitrogens with zero attached hydrogens (tertiary/aromatic N) is 2. The number of rotatable bonds is 18. The summed E-state index contributed by atoms with van der Waals surface area (Å²) in [5.41, 5.74) is 1.10. The highest BCUT2D eigenvalue weighted by molar-refractivity contribution is 5.98. The molecule has 14 nitrogen and oxygen atoms in total. The highest BCUT2D eigenvalue weighted by Gasteiger charge is 2.30. The van der Waals surface area contributed by atoms with E-state index in [1.807, 2.05) is 6.92 Å². The van der Waals surface area contributed by atoms with E-state index in [-0.39, 0.29) is 24.3 Å². The van der Waals surface area contributed by atoms with Crippen molar-refractivity contribution in [1.82, 2.24) is 26.0 Å². The van der Waals surface area contributed by atoms with Crippen molar-refractivity contribution in [1.29, 1.82) is 0 Å². The summed E-state index contributed by atoms with van der Waals surface area (Å²) in [6.07, 6.45) is 2.88. The Labute approximate surface area is 248 Å². The van der Waals surface area contributed by atoms with Crippen molar-refractivity contribution in [3.63, 3.8) is 0 Å². The summed E-state index contributed by atoms with van der Waals surface area (Å²) in [7, 11) is 0. The van der Waals surface area contributed by atoms with Crippen LogP contribution in [0.5, 0.6) is 0 Å². The first-order valence-corrected chi connectivity index (χ1v) is 13.8. The van der Waals surface area contributed by atoms with Crippen LogP contribution in [0.1, 0.15) is 73.2 Å². The molecule has 3 atom stereocenters. The number of carbonyl (C=O) groups is 6. The van der Waals surface area contributed by atoms with Crippen LogP contribution in [0.3, 0.4) is 0 Å². The molecule has 6 N–H and O–H groups in total. The lowest BCUT2D eigenvalue weighted by Crippen LogP contribution is -2.47. The standard InChI is InChI=1S/C29H37N5O9/c1-3-5-6-8-20(24(4-2)34(43)17-35)27(39)30-16-31-28(40)22-10-7-9-21(32-22)18-11-13-19(14-12-18)26(38)33-23(29(41)42)15-25(36)37/h7,9-14,17,20,23-24,43H,3-6,8,15-16H2,1-2H3,(H,30,39)(H,31,40)(H,33,38)(H,36,37)(H,41,42)/t20-,23+,24-/m1/s1. The van der Waals surface area contributed by atoms with Gasteiger partial charge in [-0.1, -0.05) is 51.3 Å². The molecule has 0 aliphatic carbocycles. The maximum atomic E-state index is 12.9. The lowest BCUT2D eigenvalue weighted by Gasteiger charge is -2.29. The van der Waals surface area contributed by atoms with Crippen molar-refractivity contribution in [2.45, 2.75) is 64.5 Å². The molecule has 1 aromatic heterocycles. The SMILES string of the molecule is CCCCC[C@@H](C(=O)NCNC(=O)c1cccc(-c2ccc(C(=O)N[C@@H](CC(=O)O)C(=O)O)cc2)n1)[C@@H](CC)N(O)C=O. The number of nitrogens with one attached hydrogen (secondary N) is 3. The van der Waals surface area contributed by atoms with Gasteiger partial charge in [0.05, 0.1) is 30.7 Å². The van der Waals surface area contributed by atoms with E-state index in [9.17, 15) is 34.0 Å². The number of pyridine rings is 1. The van der Waals surface area contributed by atoms with Gasteiger partial charge in [-0.3, -0.25) is 29.2 Å². The smallest absolute Gasteiger partial charge is 0.326 e. The molecule has 0 aliphatic rings. The zero-order chi connectivity index (χ0) is 31.9. The Morgan fingerprint density at radius 3 is 2.23 bits per heavy atom. The van der Waals surface area contributed by atoms with Crippen LogP contribution in [-0.4, -0.2) is 80.3 Å². The van der Waals surface area contributed by atoms with Gasteiger partial charge in [-0.2, -0.15) is 0 Å². The summed E-state index contributed by atoms with van der Waals surface area (Å²) >= 11 is 0. The van der Waals surface area contributed by atoms with E-state index in [0.29, 0.717) is 29.2 Å². The van der Waals surface area contributed by atoms with Crippen molar-refractivity contribution in [3.05, 3.63) is 53.7 Å². The van der Waals surface area contributed by atoms with E-state index < -0.39 is 54.1 Å². The number of hydrogen-bond acceptors (Lipinski definition) is 8. The number of hydroxylamine groups is 2. The normalized spacial score (nSPS) is 12.7.